The number of rotatable bonds is 5. The summed E-state index contributed by atoms with van der Waals surface area (Å²) >= 11 is 0. The number of aliphatic carboxylic acids is 2. The molecule has 4 nitrogen and oxygen atoms in total. The molecule has 0 saturated heterocycles. The molecule has 0 aliphatic rings. The van der Waals surface area contributed by atoms with Crippen molar-refractivity contribution in [2.45, 2.75) is 34.1 Å². The van der Waals surface area contributed by atoms with Crippen LogP contribution in [0.1, 0.15) is 34.1 Å². The average molecular weight is 202 g/mol. The van der Waals surface area contributed by atoms with Gasteiger partial charge in [0, 0.05) is 0 Å². The number of carbonyl (C=O) groups is 2. The first-order chi connectivity index (χ1) is 6.25. The SMILES string of the molecule is CC(C)CC(C(=O)O)(C(=O)O)C(C)C. The Morgan fingerprint density at radius 1 is 1.07 bits per heavy atom. The van der Waals surface area contributed by atoms with E-state index in [4.69, 9.17) is 10.2 Å². The fourth-order valence-electron chi connectivity index (χ4n) is 1.64. The second-order valence-corrected chi connectivity index (χ2v) is 4.33. The normalized spacial score (nSPS) is 12.1. The van der Waals surface area contributed by atoms with Crippen molar-refractivity contribution in [1.82, 2.24) is 0 Å². The van der Waals surface area contributed by atoms with Crippen LogP contribution in [0.3, 0.4) is 0 Å². The number of carboxylic acid groups (broad SMARTS) is 2. The number of hydrogen-bond donors (Lipinski definition) is 2. The minimum atomic E-state index is -1.64. The first kappa shape index (κ1) is 12.9. The Kier molecular flexibility index (Phi) is 4.10. The third kappa shape index (κ3) is 2.25. The van der Waals surface area contributed by atoms with Crippen LogP contribution in [0, 0.1) is 17.3 Å². The highest BCUT2D eigenvalue weighted by atomic mass is 16.4. The maximum atomic E-state index is 11.1. The predicted molar refractivity (Wildman–Crippen MR) is 52.0 cm³/mol. The van der Waals surface area contributed by atoms with Crippen molar-refractivity contribution in [3.05, 3.63) is 0 Å². The lowest BCUT2D eigenvalue weighted by molar-refractivity contribution is -0.170. The maximum Gasteiger partial charge on any atom is 0.321 e. The zero-order valence-corrected chi connectivity index (χ0v) is 9.07. The van der Waals surface area contributed by atoms with Crippen molar-refractivity contribution in [2.75, 3.05) is 0 Å². The number of hydrogen-bond acceptors (Lipinski definition) is 2. The smallest absolute Gasteiger partial charge is 0.321 e. The molecule has 0 saturated carbocycles. The third-order valence-corrected chi connectivity index (χ3v) is 2.48. The summed E-state index contributed by atoms with van der Waals surface area (Å²) < 4.78 is 0. The topological polar surface area (TPSA) is 74.6 Å². The van der Waals surface area contributed by atoms with E-state index in [2.05, 4.69) is 0 Å². The van der Waals surface area contributed by atoms with Gasteiger partial charge < -0.3 is 10.2 Å². The van der Waals surface area contributed by atoms with E-state index < -0.39 is 23.3 Å². The van der Waals surface area contributed by atoms with Crippen LogP contribution < -0.4 is 0 Å². The molecule has 0 rings (SSSR count). The molecule has 0 aromatic carbocycles. The molecular weight excluding hydrogens is 184 g/mol. The van der Waals surface area contributed by atoms with Crippen molar-refractivity contribution in [2.24, 2.45) is 17.3 Å². The summed E-state index contributed by atoms with van der Waals surface area (Å²) in [4.78, 5) is 22.1. The fourth-order valence-corrected chi connectivity index (χ4v) is 1.64. The number of carboxylic acids is 2. The summed E-state index contributed by atoms with van der Waals surface area (Å²) in [6.45, 7) is 6.90. The Bertz CT molecular complexity index is 216. The highest BCUT2D eigenvalue weighted by Gasteiger charge is 2.49. The van der Waals surface area contributed by atoms with Gasteiger partial charge in [-0.25, -0.2) is 0 Å². The molecule has 82 valence electrons. The van der Waals surface area contributed by atoms with Gasteiger partial charge in [0.05, 0.1) is 0 Å². The molecule has 0 amide bonds. The Balaban J connectivity index is 5.16. The van der Waals surface area contributed by atoms with Crippen molar-refractivity contribution in [3.63, 3.8) is 0 Å². The quantitative estimate of drug-likeness (QED) is 0.667. The molecule has 0 aromatic rings. The van der Waals surface area contributed by atoms with Crippen LogP contribution in [0.25, 0.3) is 0 Å². The Morgan fingerprint density at radius 2 is 1.43 bits per heavy atom. The molecule has 0 radical (unpaired) electrons. The molecule has 14 heavy (non-hydrogen) atoms. The van der Waals surface area contributed by atoms with E-state index in [0.29, 0.717) is 0 Å². The molecule has 0 unspecified atom stereocenters. The molecule has 0 aromatic heterocycles. The molecule has 0 aliphatic heterocycles. The van der Waals surface area contributed by atoms with Gasteiger partial charge in [-0.05, 0) is 18.3 Å². The summed E-state index contributed by atoms with van der Waals surface area (Å²) in [5.41, 5.74) is -1.64. The van der Waals surface area contributed by atoms with Crippen LogP contribution in [0.4, 0.5) is 0 Å². The molecule has 0 aliphatic carbocycles. The minimum Gasteiger partial charge on any atom is -0.480 e. The Labute approximate surface area is 83.9 Å². The van der Waals surface area contributed by atoms with Crippen LogP contribution in [0.5, 0.6) is 0 Å². The third-order valence-electron chi connectivity index (χ3n) is 2.48. The van der Waals surface area contributed by atoms with E-state index in [9.17, 15) is 9.59 Å². The van der Waals surface area contributed by atoms with E-state index in [-0.39, 0.29) is 12.3 Å². The molecule has 2 N–H and O–H groups in total. The monoisotopic (exact) mass is 202 g/mol. The Hall–Kier alpha value is -1.06. The summed E-state index contributed by atoms with van der Waals surface area (Å²) in [6, 6.07) is 0. The lowest BCUT2D eigenvalue weighted by atomic mass is 9.71. The fraction of sp³-hybridized carbons (Fsp3) is 0.800. The van der Waals surface area contributed by atoms with E-state index in [1.807, 2.05) is 13.8 Å². The van der Waals surface area contributed by atoms with Gasteiger partial charge in [0.25, 0.3) is 0 Å². The molecular formula is C10H18O4. The van der Waals surface area contributed by atoms with E-state index in [0.717, 1.165) is 0 Å². The van der Waals surface area contributed by atoms with Gasteiger partial charge in [-0.15, -0.1) is 0 Å². The summed E-state index contributed by atoms with van der Waals surface area (Å²) in [6.07, 6.45) is 0.162. The Morgan fingerprint density at radius 3 is 1.50 bits per heavy atom. The van der Waals surface area contributed by atoms with Crippen LogP contribution in [0.15, 0.2) is 0 Å². The van der Waals surface area contributed by atoms with Crippen LogP contribution in [-0.2, 0) is 9.59 Å². The molecule has 0 heterocycles. The van der Waals surface area contributed by atoms with Gasteiger partial charge in [0.15, 0.2) is 5.41 Å². The van der Waals surface area contributed by atoms with Crippen LogP contribution in [-0.4, -0.2) is 22.2 Å². The molecule has 0 spiro atoms. The van der Waals surface area contributed by atoms with Gasteiger partial charge >= 0.3 is 11.9 Å². The van der Waals surface area contributed by atoms with Crippen molar-refractivity contribution in [3.8, 4) is 0 Å². The van der Waals surface area contributed by atoms with Gasteiger partial charge in [0.2, 0.25) is 0 Å². The second kappa shape index (κ2) is 4.44. The lowest BCUT2D eigenvalue weighted by Gasteiger charge is -2.30. The molecule has 0 bridgehead atoms. The first-order valence-corrected chi connectivity index (χ1v) is 4.72. The standard InChI is InChI=1S/C10H18O4/c1-6(2)5-10(7(3)4,8(11)12)9(13)14/h6-7H,5H2,1-4H3,(H,11,12)(H,13,14). The molecule has 4 heteroatoms. The summed E-state index contributed by atoms with van der Waals surface area (Å²) in [5, 5.41) is 18.1. The van der Waals surface area contributed by atoms with Crippen molar-refractivity contribution in [1.29, 1.82) is 0 Å². The van der Waals surface area contributed by atoms with E-state index >= 15 is 0 Å². The van der Waals surface area contributed by atoms with Crippen LogP contribution in [0.2, 0.25) is 0 Å². The van der Waals surface area contributed by atoms with Crippen LogP contribution >= 0.6 is 0 Å². The highest BCUT2D eigenvalue weighted by molar-refractivity contribution is 5.98. The predicted octanol–water partition coefficient (Wildman–Crippen LogP) is 1.84. The van der Waals surface area contributed by atoms with Gasteiger partial charge in [-0.2, -0.15) is 0 Å². The average Bonchev–Trinajstić information content (AvgIpc) is 1.97. The van der Waals surface area contributed by atoms with Crippen molar-refractivity contribution >= 4 is 11.9 Å². The highest BCUT2D eigenvalue weighted by Crippen LogP contribution is 2.35. The molecule has 0 fully saturated rings. The van der Waals surface area contributed by atoms with Crippen molar-refractivity contribution < 1.29 is 19.8 Å². The lowest BCUT2D eigenvalue weighted by Crippen LogP contribution is -2.44. The summed E-state index contributed by atoms with van der Waals surface area (Å²) in [7, 11) is 0. The van der Waals surface area contributed by atoms with E-state index in [1.54, 1.807) is 13.8 Å². The van der Waals surface area contributed by atoms with Gasteiger partial charge in [-0.3, -0.25) is 9.59 Å². The zero-order chi connectivity index (χ0) is 11.5. The van der Waals surface area contributed by atoms with Gasteiger partial charge in [-0.1, -0.05) is 27.7 Å². The largest absolute Gasteiger partial charge is 0.480 e. The maximum absolute atomic E-state index is 11.1. The first-order valence-electron chi connectivity index (χ1n) is 4.72. The van der Waals surface area contributed by atoms with Gasteiger partial charge in [0.1, 0.15) is 0 Å². The minimum absolute atomic E-state index is 0.0459. The van der Waals surface area contributed by atoms with E-state index in [1.165, 1.54) is 0 Å². The second-order valence-electron chi connectivity index (χ2n) is 4.33. The molecule has 0 atom stereocenters. The summed E-state index contributed by atoms with van der Waals surface area (Å²) in [5.74, 6) is -2.85. The zero-order valence-electron chi connectivity index (χ0n) is 9.07.